The van der Waals surface area contributed by atoms with Gasteiger partial charge in [0, 0.05) is 0 Å². The summed E-state index contributed by atoms with van der Waals surface area (Å²) >= 11 is 0. The standard InChI is InChI=1S/C9H5F2N3O4/c1-18-9(15)5-3-13-8(14(16)17)6(7(10)11)4(5)2-12/h3,7H,1H3. The molecular formula is C9H5F2N3O4. The summed E-state index contributed by atoms with van der Waals surface area (Å²) < 4.78 is 29.7. The molecular weight excluding hydrogens is 252 g/mol. The third-order valence-electron chi connectivity index (χ3n) is 2.00. The summed E-state index contributed by atoms with van der Waals surface area (Å²) in [4.78, 5) is 23.7. The molecule has 0 aliphatic rings. The highest BCUT2D eigenvalue weighted by atomic mass is 19.3. The number of methoxy groups -OCH3 is 1. The van der Waals surface area contributed by atoms with Crippen molar-refractivity contribution < 1.29 is 23.2 Å². The number of nitro groups is 1. The van der Waals surface area contributed by atoms with Crippen molar-refractivity contribution in [2.45, 2.75) is 6.43 Å². The smallest absolute Gasteiger partial charge is 0.373 e. The van der Waals surface area contributed by atoms with Crippen molar-refractivity contribution in [1.82, 2.24) is 4.98 Å². The maximum Gasteiger partial charge on any atom is 0.373 e. The molecule has 0 atom stereocenters. The summed E-state index contributed by atoms with van der Waals surface area (Å²) in [6.07, 6.45) is -2.65. The second-order valence-corrected chi connectivity index (χ2v) is 2.95. The third kappa shape index (κ3) is 2.22. The molecule has 1 aromatic rings. The second-order valence-electron chi connectivity index (χ2n) is 2.95. The van der Waals surface area contributed by atoms with Gasteiger partial charge < -0.3 is 14.9 Å². The molecule has 0 aliphatic carbocycles. The highest BCUT2D eigenvalue weighted by Gasteiger charge is 2.32. The van der Waals surface area contributed by atoms with E-state index in [0.29, 0.717) is 6.20 Å². The van der Waals surface area contributed by atoms with Crippen molar-refractivity contribution in [2.75, 3.05) is 7.11 Å². The van der Waals surface area contributed by atoms with Gasteiger partial charge in [-0.2, -0.15) is 5.26 Å². The molecule has 1 heterocycles. The minimum atomic E-state index is -3.31. The predicted molar refractivity (Wildman–Crippen MR) is 51.9 cm³/mol. The normalized spacial score (nSPS) is 9.94. The summed E-state index contributed by atoms with van der Waals surface area (Å²) in [5.41, 5.74) is -2.54. The van der Waals surface area contributed by atoms with Crippen LogP contribution in [0.1, 0.15) is 27.9 Å². The van der Waals surface area contributed by atoms with Gasteiger partial charge in [0.2, 0.25) is 0 Å². The van der Waals surface area contributed by atoms with Crippen molar-refractivity contribution in [1.29, 1.82) is 5.26 Å². The third-order valence-corrected chi connectivity index (χ3v) is 2.00. The molecule has 9 heteroatoms. The maximum atomic E-state index is 12.7. The first kappa shape index (κ1) is 13.4. The van der Waals surface area contributed by atoms with Crippen molar-refractivity contribution in [3.05, 3.63) is 33.0 Å². The van der Waals surface area contributed by atoms with Gasteiger partial charge in [0.05, 0.1) is 12.7 Å². The quantitative estimate of drug-likeness (QED) is 0.462. The lowest BCUT2D eigenvalue weighted by molar-refractivity contribution is -0.391. The Hall–Kier alpha value is -2.63. The van der Waals surface area contributed by atoms with E-state index >= 15 is 0 Å². The first-order valence-electron chi connectivity index (χ1n) is 4.37. The largest absolute Gasteiger partial charge is 0.465 e. The number of esters is 1. The van der Waals surface area contributed by atoms with Gasteiger partial charge in [0.15, 0.2) is 6.20 Å². The number of nitrogens with zero attached hydrogens (tertiary/aromatic N) is 3. The van der Waals surface area contributed by atoms with Gasteiger partial charge in [0.25, 0.3) is 6.43 Å². The fourth-order valence-electron chi connectivity index (χ4n) is 1.25. The number of carbonyl (C=O) groups excluding carboxylic acids is 1. The highest BCUT2D eigenvalue weighted by molar-refractivity contribution is 5.92. The van der Waals surface area contributed by atoms with Gasteiger partial charge in [0.1, 0.15) is 17.2 Å². The summed E-state index contributed by atoms with van der Waals surface area (Å²) in [6.45, 7) is 0. The van der Waals surface area contributed by atoms with Gasteiger partial charge in [-0.1, -0.05) is 0 Å². The zero-order chi connectivity index (χ0) is 13.9. The van der Waals surface area contributed by atoms with E-state index in [0.717, 1.165) is 7.11 Å². The monoisotopic (exact) mass is 257 g/mol. The molecule has 0 bridgehead atoms. The highest BCUT2D eigenvalue weighted by Crippen LogP contribution is 2.31. The molecule has 18 heavy (non-hydrogen) atoms. The summed E-state index contributed by atoms with van der Waals surface area (Å²) in [5, 5.41) is 19.3. The van der Waals surface area contributed by atoms with Crippen molar-refractivity contribution in [3.63, 3.8) is 0 Å². The molecule has 0 radical (unpaired) electrons. The Balaban J connectivity index is 3.65. The van der Waals surface area contributed by atoms with Crippen molar-refractivity contribution in [3.8, 4) is 6.07 Å². The Labute approximate surface area is 98.8 Å². The van der Waals surface area contributed by atoms with Crippen LogP contribution in [0.4, 0.5) is 14.6 Å². The van der Waals surface area contributed by atoms with Crippen molar-refractivity contribution >= 4 is 11.8 Å². The molecule has 94 valence electrons. The van der Waals surface area contributed by atoms with Gasteiger partial charge in [-0.25, -0.2) is 13.6 Å². The van der Waals surface area contributed by atoms with Crippen LogP contribution in [0.3, 0.4) is 0 Å². The Morgan fingerprint density at radius 3 is 2.67 bits per heavy atom. The molecule has 0 spiro atoms. The van der Waals surface area contributed by atoms with Gasteiger partial charge in [-0.3, -0.25) is 0 Å². The minimum absolute atomic E-state index is 0.541. The Bertz CT molecular complexity index is 553. The van der Waals surface area contributed by atoms with E-state index in [1.807, 2.05) is 0 Å². The number of halogens is 2. The molecule has 1 aromatic heterocycles. The molecule has 0 N–H and O–H groups in total. The van der Waals surface area contributed by atoms with E-state index < -0.39 is 39.8 Å². The van der Waals surface area contributed by atoms with E-state index in [-0.39, 0.29) is 0 Å². The minimum Gasteiger partial charge on any atom is -0.465 e. The number of aromatic nitrogens is 1. The Kier molecular flexibility index (Phi) is 3.83. The summed E-state index contributed by atoms with van der Waals surface area (Å²) in [7, 11) is 0.979. The molecule has 0 aromatic carbocycles. The van der Waals surface area contributed by atoms with E-state index in [1.165, 1.54) is 6.07 Å². The number of carbonyl (C=O) groups is 1. The van der Waals surface area contributed by atoms with Gasteiger partial charge in [-0.05, 0) is 9.91 Å². The van der Waals surface area contributed by atoms with Crippen LogP contribution < -0.4 is 0 Å². The molecule has 0 amide bonds. The summed E-state index contributed by atoms with van der Waals surface area (Å²) in [6, 6.07) is 1.33. The van der Waals surface area contributed by atoms with Gasteiger partial charge in [-0.15, -0.1) is 0 Å². The Morgan fingerprint density at radius 2 is 2.28 bits per heavy atom. The van der Waals surface area contributed by atoms with Crippen LogP contribution in [0, 0.1) is 21.4 Å². The molecule has 1 rings (SSSR count). The maximum absolute atomic E-state index is 12.7. The lowest BCUT2D eigenvalue weighted by atomic mass is 10.0. The van der Waals surface area contributed by atoms with E-state index in [4.69, 9.17) is 5.26 Å². The zero-order valence-electron chi connectivity index (χ0n) is 8.89. The number of hydrogen-bond acceptors (Lipinski definition) is 6. The van der Waals surface area contributed by atoms with Crippen LogP contribution >= 0.6 is 0 Å². The number of hydrogen-bond donors (Lipinski definition) is 0. The van der Waals surface area contributed by atoms with Gasteiger partial charge >= 0.3 is 11.8 Å². The first-order valence-corrected chi connectivity index (χ1v) is 4.37. The fourth-order valence-corrected chi connectivity index (χ4v) is 1.25. The van der Waals surface area contributed by atoms with E-state index in [2.05, 4.69) is 9.72 Å². The lowest BCUT2D eigenvalue weighted by Gasteiger charge is -2.06. The first-order chi connectivity index (χ1) is 8.43. The second kappa shape index (κ2) is 5.13. The number of pyridine rings is 1. The molecule has 0 saturated heterocycles. The molecule has 0 saturated carbocycles. The fraction of sp³-hybridized carbons (Fsp3) is 0.222. The molecule has 0 unspecified atom stereocenters. The average Bonchev–Trinajstić information content (AvgIpc) is 2.35. The number of nitriles is 1. The number of alkyl halides is 2. The van der Waals surface area contributed by atoms with Crippen LogP contribution in [0.15, 0.2) is 6.20 Å². The van der Waals surface area contributed by atoms with Crippen LogP contribution in [-0.4, -0.2) is 23.0 Å². The van der Waals surface area contributed by atoms with Crippen LogP contribution in [-0.2, 0) is 4.74 Å². The van der Waals surface area contributed by atoms with Crippen LogP contribution in [0.25, 0.3) is 0 Å². The van der Waals surface area contributed by atoms with Crippen LogP contribution in [0.5, 0.6) is 0 Å². The molecule has 7 nitrogen and oxygen atoms in total. The predicted octanol–water partition coefficient (Wildman–Crippen LogP) is 1.59. The average molecular weight is 257 g/mol. The van der Waals surface area contributed by atoms with Crippen molar-refractivity contribution in [2.24, 2.45) is 0 Å². The summed E-state index contributed by atoms with van der Waals surface area (Å²) in [5.74, 6) is -2.23. The molecule has 0 fully saturated rings. The molecule has 0 aliphatic heterocycles. The van der Waals surface area contributed by atoms with E-state index in [9.17, 15) is 23.7 Å². The number of ether oxygens (including phenoxy) is 1. The zero-order valence-corrected chi connectivity index (χ0v) is 8.89. The Morgan fingerprint density at radius 1 is 1.67 bits per heavy atom. The van der Waals surface area contributed by atoms with Crippen LogP contribution in [0.2, 0.25) is 0 Å². The SMILES string of the molecule is COC(=O)c1cnc([N+](=O)[O-])c(C(F)F)c1C#N. The topological polar surface area (TPSA) is 106 Å². The lowest BCUT2D eigenvalue weighted by Crippen LogP contribution is -2.10. The number of rotatable bonds is 3. The van der Waals surface area contributed by atoms with E-state index in [1.54, 1.807) is 0 Å².